The van der Waals surface area contributed by atoms with E-state index in [9.17, 15) is 0 Å². The standard InChI is InChI=1S/C6H6BrN5S/c7-5-10-6(8)11-12(5)1-4-2-13-3-9-4/h2-3H,1H2,(H2,8,11). The van der Waals surface area contributed by atoms with Crippen molar-refractivity contribution in [3.05, 3.63) is 21.3 Å². The van der Waals surface area contributed by atoms with Gasteiger partial charge in [0, 0.05) is 5.38 Å². The van der Waals surface area contributed by atoms with Crippen molar-refractivity contribution in [2.24, 2.45) is 0 Å². The van der Waals surface area contributed by atoms with Gasteiger partial charge in [0.2, 0.25) is 5.95 Å². The van der Waals surface area contributed by atoms with Crippen LogP contribution < -0.4 is 5.73 Å². The minimum atomic E-state index is 0.266. The number of anilines is 1. The fourth-order valence-electron chi connectivity index (χ4n) is 0.909. The number of nitrogens with two attached hydrogens (primary N) is 1. The molecule has 0 saturated heterocycles. The molecule has 2 N–H and O–H groups in total. The molecule has 0 aliphatic rings. The summed E-state index contributed by atoms with van der Waals surface area (Å²) in [5.74, 6) is 0.266. The predicted octanol–water partition coefficient (Wildman–Crippen LogP) is 1.13. The molecule has 0 aliphatic carbocycles. The van der Waals surface area contributed by atoms with Crippen LogP contribution in [0.2, 0.25) is 0 Å². The number of halogens is 1. The highest BCUT2D eigenvalue weighted by Gasteiger charge is 2.05. The number of hydrogen-bond acceptors (Lipinski definition) is 5. The van der Waals surface area contributed by atoms with E-state index in [4.69, 9.17) is 5.73 Å². The van der Waals surface area contributed by atoms with Crippen LogP contribution in [-0.4, -0.2) is 19.7 Å². The first kappa shape index (κ1) is 8.64. The molecule has 0 atom stereocenters. The van der Waals surface area contributed by atoms with Gasteiger partial charge in [0.15, 0.2) is 4.73 Å². The molecule has 0 aliphatic heterocycles. The number of thiazole rings is 1. The van der Waals surface area contributed by atoms with E-state index in [-0.39, 0.29) is 5.95 Å². The van der Waals surface area contributed by atoms with Crippen LogP contribution in [0, 0.1) is 0 Å². The Balaban J connectivity index is 2.23. The zero-order valence-electron chi connectivity index (χ0n) is 6.51. The minimum Gasteiger partial charge on any atom is -0.366 e. The fraction of sp³-hybridized carbons (Fsp3) is 0.167. The molecule has 0 spiro atoms. The molecule has 2 aromatic rings. The maximum atomic E-state index is 5.42. The lowest BCUT2D eigenvalue weighted by molar-refractivity contribution is 0.660. The number of nitrogens with zero attached hydrogens (tertiary/aromatic N) is 4. The van der Waals surface area contributed by atoms with Crippen LogP contribution in [0.25, 0.3) is 0 Å². The number of hydrogen-bond donors (Lipinski definition) is 1. The van der Waals surface area contributed by atoms with Crippen LogP contribution in [0.15, 0.2) is 15.6 Å². The molecule has 0 radical (unpaired) electrons. The molecule has 2 aromatic heterocycles. The van der Waals surface area contributed by atoms with E-state index in [1.807, 2.05) is 5.38 Å². The molecule has 0 aromatic carbocycles. The van der Waals surface area contributed by atoms with Crippen molar-refractivity contribution in [3.63, 3.8) is 0 Å². The Labute approximate surface area is 86.7 Å². The Bertz CT molecular complexity index is 395. The summed E-state index contributed by atoms with van der Waals surface area (Å²) in [5.41, 5.74) is 8.15. The van der Waals surface area contributed by atoms with E-state index in [0.717, 1.165) is 5.69 Å². The van der Waals surface area contributed by atoms with Gasteiger partial charge in [0.05, 0.1) is 17.7 Å². The summed E-state index contributed by atoms with van der Waals surface area (Å²) < 4.78 is 2.28. The van der Waals surface area contributed by atoms with Gasteiger partial charge < -0.3 is 5.73 Å². The average molecular weight is 260 g/mol. The molecule has 0 amide bonds. The molecule has 0 bridgehead atoms. The molecule has 0 fully saturated rings. The molecular weight excluding hydrogens is 254 g/mol. The van der Waals surface area contributed by atoms with E-state index in [1.54, 1.807) is 21.5 Å². The fourth-order valence-corrected chi connectivity index (χ4v) is 1.85. The Morgan fingerprint density at radius 3 is 3.00 bits per heavy atom. The topological polar surface area (TPSA) is 69.6 Å². The largest absolute Gasteiger partial charge is 0.366 e. The molecule has 68 valence electrons. The van der Waals surface area contributed by atoms with E-state index in [2.05, 4.69) is 31.0 Å². The number of nitrogen functional groups attached to an aromatic ring is 1. The molecule has 13 heavy (non-hydrogen) atoms. The van der Waals surface area contributed by atoms with Crippen molar-refractivity contribution in [2.45, 2.75) is 6.54 Å². The average Bonchev–Trinajstić information content (AvgIpc) is 2.63. The van der Waals surface area contributed by atoms with Crippen LogP contribution in [0.1, 0.15) is 5.69 Å². The van der Waals surface area contributed by atoms with Crippen LogP contribution in [0.4, 0.5) is 5.95 Å². The van der Waals surface area contributed by atoms with Crippen molar-refractivity contribution in [2.75, 3.05) is 5.73 Å². The van der Waals surface area contributed by atoms with Gasteiger partial charge in [-0.15, -0.1) is 16.4 Å². The predicted molar refractivity (Wildman–Crippen MR) is 53.4 cm³/mol. The second-order valence-corrected chi connectivity index (χ2v) is 3.80. The third-order valence-corrected chi connectivity index (χ3v) is 2.66. The minimum absolute atomic E-state index is 0.266. The van der Waals surface area contributed by atoms with Gasteiger partial charge >= 0.3 is 0 Å². The summed E-state index contributed by atoms with van der Waals surface area (Å²) in [6, 6.07) is 0. The zero-order chi connectivity index (χ0) is 9.26. The Morgan fingerprint density at radius 1 is 1.62 bits per heavy atom. The maximum absolute atomic E-state index is 5.42. The van der Waals surface area contributed by atoms with Gasteiger partial charge in [-0.25, -0.2) is 9.67 Å². The van der Waals surface area contributed by atoms with Gasteiger partial charge in [-0.3, -0.25) is 0 Å². The first-order valence-corrected chi connectivity index (χ1v) is 5.22. The lowest BCUT2D eigenvalue weighted by atomic mass is 10.5. The lowest BCUT2D eigenvalue weighted by Gasteiger charge is -1.96. The number of rotatable bonds is 2. The van der Waals surface area contributed by atoms with Gasteiger partial charge in [-0.1, -0.05) is 0 Å². The third-order valence-electron chi connectivity index (χ3n) is 1.44. The quantitative estimate of drug-likeness (QED) is 0.878. The van der Waals surface area contributed by atoms with Crippen molar-refractivity contribution in [3.8, 4) is 0 Å². The smallest absolute Gasteiger partial charge is 0.240 e. The summed E-state index contributed by atoms with van der Waals surface area (Å²) >= 11 is 4.80. The van der Waals surface area contributed by atoms with E-state index >= 15 is 0 Å². The Kier molecular flexibility index (Phi) is 2.28. The van der Waals surface area contributed by atoms with E-state index in [1.165, 1.54) is 0 Å². The molecule has 0 unspecified atom stereocenters. The monoisotopic (exact) mass is 259 g/mol. The summed E-state index contributed by atoms with van der Waals surface area (Å²) in [7, 11) is 0. The van der Waals surface area contributed by atoms with Crippen LogP contribution in [0.3, 0.4) is 0 Å². The normalized spacial score (nSPS) is 10.5. The van der Waals surface area contributed by atoms with Crippen LogP contribution in [-0.2, 0) is 6.54 Å². The summed E-state index contributed by atoms with van der Waals surface area (Å²) in [5, 5.41) is 5.95. The van der Waals surface area contributed by atoms with E-state index < -0.39 is 0 Å². The maximum Gasteiger partial charge on any atom is 0.240 e. The summed E-state index contributed by atoms with van der Waals surface area (Å²) in [4.78, 5) is 8.04. The Hall–Kier alpha value is -0.950. The van der Waals surface area contributed by atoms with Crippen molar-refractivity contribution < 1.29 is 0 Å². The molecule has 2 heterocycles. The second kappa shape index (κ2) is 3.43. The second-order valence-electron chi connectivity index (χ2n) is 2.38. The molecule has 7 heteroatoms. The summed E-state index contributed by atoms with van der Waals surface area (Å²) in [6.07, 6.45) is 0. The van der Waals surface area contributed by atoms with Crippen molar-refractivity contribution >= 4 is 33.2 Å². The highest BCUT2D eigenvalue weighted by atomic mass is 79.9. The van der Waals surface area contributed by atoms with Gasteiger partial charge in [0.1, 0.15) is 0 Å². The molecule has 2 rings (SSSR count). The highest BCUT2D eigenvalue weighted by molar-refractivity contribution is 9.10. The molecule has 0 saturated carbocycles. The lowest BCUT2D eigenvalue weighted by Crippen LogP contribution is -2.02. The third kappa shape index (κ3) is 1.86. The Morgan fingerprint density at radius 2 is 2.46 bits per heavy atom. The van der Waals surface area contributed by atoms with Crippen LogP contribution in [0.5, 0.6) is 0 Å². The van der Waals surface area contributed by atoms with Crippen molar-refractivity contribution in [1.82, 2.24) is 19.7 Å². The van der Waals surface area contributed by atoms with Crippen LogP contribution >= 0.6 is 27.3 Å². The SMILES string of the molecule is Nc1nc(Br)n(Cc2cscn2)n1. The first-order valence-electron chi connectivity index (χ1n) is 3.48. The highest BCUT2D eigenvalue weighted by Crippen LogP contribution is 2.10. The molecule has 5 nitrogen and oxygen atoms in total. The van der Waals surface area contributed by atoms with Gasteiger partial charge in [0.25, 0.3) is 0 Å². The molecular formula is C6H6BrN5S. The van der Waals surface area contributed by atoms with Crippen molar-refractivity contribution in [1.29, 1.82) is 0 Å². The van der Waals surface area contributed by atoms with E-state index in [0.29, 0.717) is 11.3 Å². The van der Waals surface area contributed by atoms with Gasteiger partial charge in [-0.2, -0.15) is 4.98 Å². The zero-order valence-corrected chi connectivity index (χ0v) is 8.92. The number of aromatic nitrogens is 4. The first-order chi connectivity index (χ1) is 6.25. The summed E-state index contributed by atoms with van der Waals surface area (Å²) in [6.45, 7) is 0.592. The van der Waals surface area contributed by atoms with Gasteiger partial charge in [-0.05, 0) is 15.9 Å².